The molecule has 1 aromatic heterocycles. The van der Waals surface area contributed by atoms with Crippen molar-refractivity contribution in [3.63, 3.8) is 0 Å². The van der Waals surface area contributed by atoms with Crippen LogP contribution in [0.3, 0.4) is 0 Å². The standard InChI is InChI=1S/C12H18N2O/c1-3-11-9-15-7-6-14(11)12-5-4-10(2)13-8-12/h4-5,8,11H,3,6-7,9H2,1-2H3. The predicted molar refractivity (Wildman–Crippen MR) is 61.2 cm³/mol. The number of rotatable bonds is 2. The summed E-state index contributed by atoms with van der Waals surface area (Å²) in [4.78, 5) is 6.74. The van der Waals surface area contributed by atoms with Gasteiger partial charge in [-0.05, 0) is 25.5 Å². The van der Waals surface area contributed by atoms with Crippen LogP contribution in [0.25, 0.3) is 0 Å². The molecule has 3 heteroatoms. The molecule has 0 N–H and O–H groups in total. The van der Waals surface area contributed by atoms with Gasteiger partial charge in [-0.1, -0.05) is 6.92 Å². The van der Waals surface area contributed by atoms with E-state index < -0.39 is 0 Å². The summed E-state index contributed by atoms with van der Waals surface area (Å²) in [5.74, 6) is 0. The third-order valence-corrected chi connectivity index (χ3v) is 2.93. The average Bonchev–Trinajstić information content (AvgIpc) is 2.30. The van der Waals surface area contributed by atoms with Gasteiger partial charge in [0.05, 0.1) is 31.1 Å². The van der Waals surface area contributed by atoms with Crippen LogP contribution in [0.1, 0.15) is 19.0 Å². The summed E-state index contributed by atoms with van der Waals surface area (Å²) in [5.41, 5.74) is 2.29. The topological polar surface area (TPSA) is 25.4 Å². The first kappa shape index (κ1) is 10.4. The maximum atomic E-state index is 5.49. The van der Waals surface area contributed by atoms with E-state index in [1.165, 1.54) is 5.69 Å². The summed E-state index contributed by atoms with van der Waals surface area (Å²) in [6.45, 7) is 6.85. The van der Waals surface area contributed by atoms with Gasteiger partial charge < -0.3 is 9.64 Å². The van der Waals surface area contributed by atoms with Gasteiger partial charge >= 0.3 is 0 Å². The Kier molecular flexibility index (Phi) is 3.21. The fraction of sp³-hybridized carbons (Fsp3) is 0.583. The fourth-order valence-corrected chi connectivity index (χ4v) is 1.96. The van der Waals surface area contributed by atoms with Crippen LogP contribution < -0.4 is 4.90 Å². The van der Waals surface area contributed by atoms with Crippen LogP contribution in [-0.2, 0) is 4.74 Å². The zero-order valence-corrected chi connectivity index (χ0v) is 9.44. The number of ether oxygens (including phenoxy) is 1. The second-order valence-corrected chi connectivity index (χ2v) is 3.99. The van der Waals surface area contributed by atoms with Crippen molar-refractivity contribution in [3.05, 3.63) is 24.0 Å². The third-order valence-electron chi connectivity index (χ3n) is 2.93. The Morgan fingerprint density at radius 2 is 2.40 bits per heavy atom. The van der Waals surface area contributed by atoms with Gasteiger partial charge in [-0.2, -0.15) is 0 Å². The van der Waals surface area contributed by atoms with Gasteiger partial charge in [0.2, 0.25) is 0 Å². The summed E-state index contributed by atoms with van der Waals surface area (Å²) in [6, 6.07) is 4.72. The van der Waals surface area contributed by atoms with E-state index in [1.807, 2.05) is 13.1 Å². The molecule has 0 aliphatic carbocycles. The quantitative estimate of drug-likeness (QED) is 0.740. The summed E-state index contributed by atoms with van der Waals surface area (Å²) < 4.78 is 5.49. The molecule has 1 unspecified atom stereocenters. The molecule has 1 atom stereocenters. The van der Waals surface area contributed by atoms with E-state index >= 15 is 0 Å². The van der Waals surface area contributed by atoms with Crippen molar-refractivity contribution in [2.24, 2.45) is 0 Å². The van der Waals surface area contributed by atoms with E-state index in [0.717, 1.165) is 31.9 Å². The van der Waals surface area contributed by atoms with E-state index in [2.05, 4.69) is 28.9 Å². The zero-order chi connectivity index (χ0) is 10.7. The Morgan fingerprint density at radius 1 is 1.53 bits per heavy atom. The molecule has 0 aromatic carbocycles. The lowest BCUT2D eigenvalue weighted by atomic mass is 10.1. The van der Waals surface area contributed by atoms with E-state index in [-0.39, 0.29) is 0 Å². The number of hydrogen-bond donors (Lipinski definition) is 0. The second kappa shape index (κ2) is 4.62. The highest BCUT2D eigenvalue weighted by Gasteiger charge is 2.21. The number of morpholine rings is 1. The minimum atomic E-state index is 0.503. The monoisotopic (exact) mass is 206 g/mol. The van der Waals surface area contributed by atoms with Gasteiger partial charge in [-0.3, -0.25) is 4.98 Å². The van der Waals surface area contributed by atoms with E-state index in [4.69, 9.17) is 4.74 Å². The number of aromatic nitrogens is 1. The van der Waals surface area contributed by atoms with Gasteiger partial charge in [-0.15, -0.1) is 0 Å². The molecule has 15 heavy (non-hydrogen) atoms. The van der Waals surface area contributed by atoms with Crippen LogP contribution in [0.15, 0.2) is 18.3 Å². The van der Waals surface area contributed by atoms with Gasteiger partial charge in [0, 0.05) is 12.2 Å². The van der Waals surface area contributed by atoms with Crippen LogP contribution in [0, 0.1) is 6.92 Å². The van der Waals surface area contributed by atoms with Crippen LogP contribution in [0.4, 0.5) is 5.69 Å². The molecule has 1 aliphatic rings. The largest absolute Gasteiger partial charge is 0.377 e. The smallest absolute Gasteiger partial charge is 0.0670 e. The molecule has 0 bridgehead atoms. The molecular weight excluding hydrogens is 188 g/mol. The normalized spacial score (nSPS) is 21.7. The zero-order valence-electron chi connectivity index (χ0n) is 9.44. The number of pyridine rings is 1. The van der Waals surface area contributed by atoms with Gasteiger partial charge in [0.25, 0.3) is 0 Å². The van der Waals surface area contributed by atoms with Crippen molar-refractivity contribution in [3.8, 4) is 0 Å². The van der Waals surface area contributed by atoms with Crippen LogP contribution in [-0.4, -0.2) is 30.8 Å². The Morgan fingerprint density at radius 3 is 3.07 bits per heavy atom. The Labute approximate surface area is 91.1 Å². The van der Waals surface area contributed by atoms with Crippen molar-refractivity contribution in [2.75, 3.05) is 24.7 Å². The SMILES string of the molecule is CCC1COCCN1c1ccc(C)nc1. The maximum absolute atomic E-state index is 5.49. The Hall–Kier alpha value is -1.09. The molecular formula is C12H18N2O. The van der Waals surface area contributed by atoms with Crippen LogP contribution in [0.5, 0.6) is 0 Å². The number of anilines is 1. The summed E-state index contributed by atoms with van der Waals surface area (Å²) in [6.07, 6.45) is 3.08. The molecule has 0 spiro atoms. The lowest BCUT2D eigenvalue weighted by Gasteiger charge is -2.36. The minimum absolute atomic E-state index is 0.503. The lowest BCUT2D eigenvalue weighted by Crippen LogP contribution is -2.45. The van der Waals surface area contributed by atoms with E-state index in [1.54, 1.807) is 0 Å². The molecule has 2 heterocycles. The van der Waals surface area contributed by atoms with Crippen molar-refractivity contribution >= 4 is 5.69 Å². The minimum Gasteiger partial charge on any atom is -0.377 e. The van der Waals surface area contributed by atoms with Gasteiger partial charge in [0.1, 0.15) is 0 Å². The Balaban J connectivity index is 2.16. The van der Waals surface area contributed by atoms with Crippen molar-refractivity contribution < 1.29 is 4.74 Å². The molecule has 0 radical (unpaired) electrons. The highest BCUT2D eigenvalue weighted by molar-refractivity contribution is 5.46. The first-order valence-corrected chi connectivity index (χ1v) is 5.58. The highest BCUT2D eigenvalue weighted by Crippen LogP contribution is 2.20. The van der Waals surface area contributed by atoms with Crippen LogP contribution in [0.2, 0.25) is 0 Å². The predicted octanol–water partition coefficient (Wildman–Crippen LogP) is 2.01. The summed E-state index contributed by atoms with van der Waals surface area (Å²) >= 11 is 0. The highest BCUT2D eigenvalue weighted by atomic mass is 16.5. The maximum Gasteiger partial charge on any atom is 0.0670 e. The van der Waals surface area contributed by atoms with Crippen molar-refractivity contribution in [1.29, 1.82) is 0 Å². The van der Waals surface area contributed by atoms with Crippen molar-refractivity contribution in [1.82, 2.24) is 4.98 Å². The molecule has 1 aliphatic heterocycles. The van der Waals surface area contributed by atoms with Crippen molar-refractivity contribution in [2.45, 2.75) is 26.3 Å². The Bertz CT molecular complexity index is 310. The van der Waals surface area contributed by atoms with Gasteiger partial charge in [-0.25, -0.2) is 0 Å². The molecule has 82 valence electrons. The summed E-state index contributed by atoms with van der Waals surface area (Å²) in [5, 5.41) is 0. The molecule has 1 fully saturated rings. The molecule has 1 aromatic rings. The summed E-state index contributed by atoms with van der Waals surface area (Å²) in [7, 11) is 0. The molecule has 0 saturated carbocycles. The first-order valence-electron chi connectivity index (χ1n) is 5.58. The fourth-order valence-electron chi connectivity index (χ4n) is 1.96. The number of aryl methyl sites for hydroxylation is 1. The average molecular weight is 206 g/mol. The second-order valence-electron chi connectivity index (χ2n) is 3.99. The number of nitrogens with zero attached hydrogens (tertiary/aromatic N) is 2. The molecule has 1 saturated heterocycles. The van der Waals surface area contributed by atoms with Gasteiger partial charge in [0.15, 0.2) is 0 Å². The van der Waals surface area contributed by atoms with Crippen LogP contribution >= 0.6 is 0 Å². The number of hydrogen-bond acceptors (Lipinski definition) is 3. The van der Waals surface area contributed by atoms with E-state index in [0.29, 0.717) is 6.04 Å². The third kappa shape index (κ3) is 2.29. The molecule has 3 nitrogen and oxygen atoms in total. The molecule has 2 rings (SSSR count). The first-order chi connectivity index (χ1) is 7.31. The van der Waals surface area contributed by atoms with E-state index in [9.17, 15) is 0 Å². The lowest BCUT2D eigenvalue weighted by molar-refractivity contribution is 0.0929. The molecule has 0 amide bonds.